The summed E-state index contributed by atoms with van der Waals surface area (Å²) in [6.45, 7) is 2.28. The van der Waals surface area contributed by atoms with Crippen molar-refractivity contribution in [1.29, 1.82) is 0 Å². The van der Waals surface area contributed by atoms with Crippen molar-refractivity contribution < 1.29 is 0 Å². The van der Waals surface area contributed by atoms with Gasteiger partial charge in [-0.2, -0.15) is 11.8 Å². The van der Waals surface area contributed by atoms with Crippen molar-refractivity contribution in [2.45, 2.75) is 38.3 Å². The zero-order valence-corrected chi connectivity index (χ0v) is 10.8. The third-order valence-electron chi connectivity index (χ3n) is 3.22. The highest BCUT2D eigenvalue weighted by Crippen LogP contribution is 2.18. The van der Waals surface area contributed by atoms with Gasteiger partial charge in [-0.25, -0.2) is 0 Å². The van der Waals surface area contributed by atoms with E-state index in [0.717, 1.165) is 6.04 Å². The van der Waals surface area contributed by atoms with Gasteiger partial charge in [0.05, 0.1) is 0 Å². The van der Waals surface area contributed by atoms with Crippen molar-refractivity contribution in [2.75, 3.05) is 11.5 Å². The van der Waals surface area contributed by atoms with Crippen LogP contribution >= 0.6 is 11.8 Å². The van der Waals surface area contributed by atoms with E-state index >= 15 is 0 Å². The monoisotopic (exact) mass is 235 g/mol. The molecule has 16 heavy (non-hydrogen) atoms. The Bertz CT molecular complexity index is 293. The van der Waals surface area contributed by atoms with E-state index in [2.05, 4.69) is 54.3 Å². The predicted octanol–water partition coefficient (Wildman–Crippen LogP) is 3.10. The summed E-state index contributed by atoms with van der Waals surface area (Å²) >= 11 is 2.08. The molecular weight excluding hydrogens is 214 g/mol. The Hall–Kier alpha value is -0.470. The molecule has 0 amide bonds. The van der Waals surface area contributed by atoms with Crippen LogP contribution in [0.5, 0.6) is 0 Å². The molecule has 1 nitrogen and oxygen atoms in total. The molecule has 2 heteroatoms. The maximum absolute atomic E-state index is 3.79. The lowest BCUT2D eigenvalue weighted by Gasteiger charge is -2.21. The number of rotatable bonds is 5. The topological polar surface area (TPSA) is 12.0 Å². The minimum atomic E-state index is 0.645. The van der Waals surface area contributed by atoms with Crippen LogP contribution in [0.4, 0.5) is 0 Å². The molecule has 1 aliphatic heterocycles. The van der Waals surface area contributed by atoms with Gasteiger partial charge in [0.25, 0.3) is 0 Å². The lowest BCUT2D eigenvalue weighted by atomic mass is 10.0. The molecule has 88 valence electrons. The van der Waals surface area contributed by atoms with E-state index in [-0.39, 0.29) is 0 Å². The van der Waals surface area contributed by atoms with Crippen molar-refractivity contribution >= 4 is 11.8 Å². The van der Waals surface area contributed by atoms with Crippen LogP contribution in [0.25, 0.3) is 0 Å². The molecule has 1 saturated heterocycles. The van der Waals surface area contributed by atoms with Crippen molar-refractivity contribution in [1.82, 2.24) is 5.32 Å². The average molecular weight is 235 g/mol. The van der Waals surface area contributed by atoms with E-state index in [4.69, 9.17) is 0 Å². The second kappa shape index (κ2) is 6.31. The molecule has 2 atom stereocenters. The number of hydrogen-bond acceptors (Lipinski definition) is 2. The largest absolute Gasteiger partial charge is 0.310 e. The van der Waals surface area contributed by atoms with E-state index in [1.54, 1.807) is 0 Å². The lowest BCUT2D eigenvalue weighted by molar-refractivity contribution is 0.436. The Morgan fingerprint density at radius 2 is 2.19 bits per heavy atom. The third-order valence-corrected chi connectivity index (χ3v) is 4.38. The van der Waals surface area contributed by atoms with Crippen molar-refractivity contribution in [3.05, 3.63) is 35.9 Å². The van der Waals surface area contributed by atoms with Gasteiger partial charge < -0.3 is 5.32 Å². The van der Waals surface area contributed by atoms with Gasteiger partial charge in [0, 0.05) is 17.8 Å². The average Bonchev–Trinajstić information content (AvgIpc) is 2.82. The molecule has 0 saturated carbocycles. The highest BCUT2D eigenvalue weighted by atomic mass is 32.2. The van der Waals surface area contributed by atoms with Gasteiger partial charge in [0.2, 0.25) is 0 Å². The second-order valence-electron chi connectivity index (χ2n) is 4.52. The summed E-state index contributed by atoms with van der Waals surface area (Å²) in [5, 5.41) is 3.79. The fourth-order valence-corrected chi connectivity index (χ4v) is 3.38. The SMILES string of the molecule is CCC(Cc1ccccc1)NC1CCSC1. The molecule has 2 unspecified atom stereocenters. The molecule has 1 aromatic carbocycles. The first kappa shape index (κ1) is 12.0. The molecule has 0 aromatic heterocycles. The summed E-state index contributed by atoms with van der Waals surface area (Å²) < 4.78 is 0. The van der Waals surface area contributed by atoms with Crippen LogP contribution in [-0.4, -0.2) is 23.6 Å². The zero-order chi connectivity index (χ0) is 11.2. The van der Waals surface area contributed by atoms with Gasteiger partial charge in [-0.05, 0) is 30.6 Å². The summed E-state index contributed by atoms with van der Waals surface area (Å²) in [5.41, 5.74) is 1.45. The maximum atomic E-state index is 3.79. The van der Waals surface area contributed by atoms with Gasteiger partial charge in [-0.1, -0.05) is 37.3 Å². The van der Waals surface area contributed by atoms with Crippen LogP contribution in [0.1, 0.15) is 25.3 Å². The second-order valence-corrected chi connectivity index (χ2v) is 5.67. The molecule has 1 heterocycles. The zero-order valence-electron chi connectivity index (χ0n) is 9.99. The van der Waals surface area contributed by atoms with E-state index in [1.807, 2.05) is 0 Å². The third kappa shape index (κ3) is 3.53. The summed E-state index contributed by atoms with van der Waals surface area (Å²) in [6, 6.07) is 12.2. The lowest BCUT2D eigenvalue weighted by Crippen LogP contribution is -2.39. The number of nitrogens with one attached hydrogen (secondary N) is 1. The molecule has 1 fully saturated rings. The van der Waals surface area contributed by atoms with Crippen LogP contribution < -0.4 is 5.32 Å². The molecule has 0 aliphatic carbocycles. The molecule has 0 radical (unpaired) electrons. The quantitative estimate of drug-likeness (QED) is 0.841. The number of thioether (sulfide) groups is 1. The standard InChI is InChI=1S/C14H21NS/c1-2-13(15-14-8-9-16-11-14)10-12-6-4-3-5-7-12/h3-7,13-15H,2,8-11H2,1H3. The summed E-state index contributed by atoms with van der Waals surface area (Å²) in [4.78, 5) is 0. The molecule has 1 aromatic rings. The highest BCUT2D eigenvalue weighted by Gasteiger charge is 2.18. The van der Waals surface area contributed by atoms with E-state index in [0.29, 0.717) is 6.04 Å². The minimum Gasteiger partial charge on any atom is -0.310 e. The predicted molar refractivity (Wildman–Crippen MR) is 73.1 cm³/mol. The van der Waals surface area contributed by atoms with Crippen LogP contribution in [0.15, 0.2) is 30.3 Å². The molecule has 0 spiro atoms. The fraction of sp³-hybridized carbons (Fsp3) is 0.571. The first-order chi connectivity index (χ1) is 7.88. The first-order valence-electron chi connectivity index (χ1n) is 6.26. The van der Waals surface area contributed by atoms with Gasteiger partial charge in [0.15, 0.2) is 0 Å². The van der Waals surface area contributed by atoms with E-state index < -0.39 is 0 Å². The Labute approximate surface area is 103 Å². The first-order valence-corrected chi connectivity index (χ1v) is 7.41. The Kier molecular flexibility index (Phi) is 4.73. The van der Waals surface area contributed by atoms with Crippen molar-refractivity contribution in [3.8, 4) is 0 Å². The summed E-state index contributed by atoms with van der Waals surface area (Å²) in [6.07, 6.45) is 3.73. The molecule has 1 aliphatic rings. The number of hydrogen-bond donors (Lipinski definition) is 1. The van der Waals surface area contributed by atoms with Crippen molar-refractivity contribution in [3.63, 3.8) is 0 Å². The smallest absolute Gasteiger partial charge is 0.0168 e. The van der Waals surface area contributed by atoms with E-state index in [1.165, 1.54) is 36.3 Å². The fourth-order valence-electron chi connectivity index (χ4n) is 2.22. The van der Waals surface area contributed by atoms with Crippen molar-refractivity contribution in [2.24, 2.45) is 0 Å². The molecule has 0 bridgehead atoms. The maximum Gasteiger partial charge on any atom is 0.0168 e. The van der Waals surface area contributed by atoms with Gasteiger partial charge in [-0.15, -0.1) is 0 Å². The summed E-state index contributed by atoms with van der Waals surface area (Å²) in [5.74, 6) is 2.63. The van der Waals surface area contributed by atoms with Crippen LogP contribution in [0.2, 0.25) is 0 Å². The van der Waals surface area contributed by atoms with E-state index in [9.17, 15) is 0 Å². The Morgan fingerprint density at radius 3 is 2.81 bits per heavy atom. The van der Waals surface area contributed by atoms with Gasteiger partial charge >= 0.3 is 0 Å². The molecule has 1 N–H and O–H groups in total. The van der Waals surface area contributed by atoms with Crippen LogP contribution in [-0.2, 0) is 6.42 Å². The highest BCUT2D eigenvalue weighted by molar-refractivity contribution is 7.99. The molecular formula is C14H21NS. The normalized spacial score (nSPS) is 22.2. The summed E-state index contributed by atoms with van der Waals surface area (Å²) in [7, 11) is 0. The van der Waals surface area contributed by atoms with Gasteiger partial charge in [-0.3, -0.25) is 0 Å². The Balaban J connectivity index is 1.85. The minimum absolute atomic E-state index is 0.645. The Morgan fingerprint density at radius 1 is 1.38 bits per heavy atom. The van der Waals surface area contributed by atoms with Crippen LogP contribution in [0, 0.1) is 0 Å². The number of benzene rings is 1. The van der Waals surface area contributed by atoms with Crippen LogP contribution in [0.3, 0.4) is 0 Å². The van der Waals surface area contributed by atoms with Gasteiger partial charge in [0.1, 0.15) is 0 Å². The molecule has 2 rings (SSSR count).